The third kappa shape index (κ3) is 6.23. The van der Waals surface area contributed by atoms with Crippen LogP contribution in [0, 0.1) is 0 Å². The molecule has 0 aliphatic carbocycles. The molecule has 1 rings (SSSR count). The third-order valence-electron chi connectivity index (χ3n) is 2.69. The molecule has 0 aromatic heterocycles. The second-order valence-corrected chi connectivity index (χ2v) is 5.16. The molecule has 0 bridgehead atoms. The molecule has 21 heavy (non-hydrogen) atoms. The number of halogens is 4. The number of nitrogens with one attached hydrogen (secondary N) is 1. The fraction of sp³-hybridized carbons (Fsp3) is 0.571. The van der Waals surface area contributed by atoms with Gasteiger partial charge in [0.05, 0.1) is 5.56 Å². The van der Waals surface area contributed by atoms with Gasteiger partial charge in [-0.2, -0.15) is 13.2 Å². The monoisotopic (exact) mass is 369 g/mol. The Morgan fingerprint density at radius 3 is 2.33 bits per heavy atom. The minimum absolute atomic E-state index is 0.0532. The smallest absolute Gasteiger partial charge is 0.384 e. The van der Waals surface area contributed by atoms with Crippen LogP contribution in [-0.2, 0) is 15.7 Å². The maximum absolute atomic E-state index is 12.9. The lowest BCUT2D eigenvalue weighted by Crippen LogP contribution is -2.21. The first-order valence-corrected chi connectivity index (χ1v) is 7.51. The molecule has 0 saturated heterocycles. The van der Waals surface area contributed by atoms with Crippen LogP contribution in [0.3, 0.4) is 0 Å². The normalized spacial score (nSPS) is 12.0. The molecule has 0 amide bonds. The van der Waals surface area contributed by atoms with Crippen LogP contribution in [0.15, 0.2) is 22.7 Å². The van der Waals surface area contributed by atoms with Gasteiger partial charge in [-0.3, -0.25) is 0 Å². The van der Waals surface area contributed by atoms with E-state index in [9.17, 15) is 13.2 Å². The molecule has 3 nitrogen and oxygen atoms in total. The van der Waals surface area contributed by atoms with Crippen LogP contribution >= 0.6 is 15.9 Å². The standard InChI is InChI=1S/C14H19BrF3NO2/c1-3-20-13(21-4-2)7-8-19-12-6-5-10(15)9-11(12)14(16,17)18/h5-6,9,13,19H,3-4,7-8H2,1-2H3. The van der Waals surface area contributed by atoms with E-state index in [1.54, 1.807) is 6.07 Å². The van der Waals surface area contributed by atoms with Crippen LogP contribution in [0.25, 0.3) is 0 Å². The average molecular weight is 370 g/mol. The second kappa shape index (κ2) is 8.60. The van der Waals surface area contributed by atoms with Crippen LogP contribution in [0.4, 0.5) is 18.9 Å². The Morgan fingerprint density at radius 2 is 1.81 bits per heavy atom. The third-order valence-corrected chi connectivity index (χ3v) is 3.18. The van der Waals surface area contributed by atoms with E-state index in [0.29, 0.717) is 30.7 Å². The Bertz CT molecular complexity index is 435. The lowest BCUT2D eigenvalue weighted by atomic mass is 10.1. The zero-order valence-corrected chi connectivity index (χ0v) is 13.6. The molecule has 1 N–H and O–H groups in total. The van der Waals surface area contributed by atoms with Crippen molar-refractivity contribution in [3.8, 4) is 0 Å². The zero-order valence-electron chi connectivity index (χ0n) is 12.0. The highest BCUT2D eigenvalue weighted by Gasteiger charge is 2.33. The molecule has 0 fully saturated rings. The van der Waals surface area contributed by atoms with Crippen molar-refractivity contribution in [2.45, 2.75) is 32.7 Å². The summed E-state index contributed by atoms with van der Waals surface area (Å²) < 4.78 is 49.9. The van der Waals surface area contributed by atoms with Gasteiger partial charge in [0, 0.05) is 36.3 Å². The molecule has 0 radical (unpaired) electrons. The quantitative estimate of drug-likeness (QED) is 0.675. The van der Waals surface area contributed by atoms with E-state index in [1.807, 2.05) is 13.8 Å². The Hall–Kier alpha value is -0.790. The van der Waals surface area contributed by atoms with E-state index in [4.69, 9.17) is 9.47 Å². The highest BCUT2D eigenvalue weighted by molar-refractivity contribution is 9.10. The molecule has 1 aromatic carbocycles. The van der Waals surface area contributed by atoms with Crippen molar-refractivity contribution in [3.63, 3.8) is 0 Å². The van der Waals surface area contributed by atoms with E-state index < -0.39 is 18.0 Å². The first-order chi connectivity index (χ1) is 9.88. The molecule has 0 atom stereocenters. The highest BCUT2D eigenvalue weighted by atomic mass is 79.9. The summed E-state index contributed by atoms with van der Waals surface area (Å²) >= 11 is 3.05. The van der Waals surface area contributed by atoms with Crippen molar-refractivity contribution in [1.82, 2.24) is 0 Å². The van der Waals surface area contributed by atoms with Gasteiger partial charge in [0.25, 0.3) is 0 Å². The van der Waals surface area contributed by atoms with E-state index in [0.717, 1.165) is 6.07 Å². The maximum Gasteiger partial charge on any atom is 0.418 e. The summed E-state index contributed by atoms with van der Waals surface area (Å²) in [4.78, 5) is 0. The van der Waals surface area contributed by atoms with Gasteiger partial charge < -0.3 is 14.8 Å². The van der Waals surface area contributed by atoms with Crippen molar-refractivity contribution in [1.29, 1.82) is 0 Å². The average Bonchev–Trinajstić information content (AvgIpc) is 2.39. The van der Waals surface area contributed by atoms with Gasteiger partial charge in [0.2, 0.25) is 0 Å². The predicted molar refractivity (Wildman–Crippen MR) is 79.3 cm³/mol. The molecule has 120 valence electrons. The molecule has 1 aromatic rings. The topological polar surface area (TPSA) is 30.5 Å². The van der Waals surface area contributed by atoms with Crippen molar-refractivity contribution in [2.75, 3.05) is 25.1 Å². The summed E-state index contributed by atoms with van der Waals surface area (Å²) in [6, 6.07) is 4.04. The number of ether oxygens (including phenoxy) is 2. The van der Waals surface area contributed by atoms with Crippen LogP contribution < -0.4 is 5.32 Å². The summed E-state index contributed by atoms with van der Waals surface area (Å²) in [6.45, 7) is 5.01. The zero-order chi connectivity index (χ0) is 15.9. The highest BCUT2D eigenvalue weighted by Crippen LogP contribution is 2.36. The lowest BCUT2D eigenvalue weighted by Gasteiger charge is -2.19. The summed E-state index contributed by atoms with van der Waals surface area (Å²) in [7, 11) is 0. The number of hydrogen-bond donors (Lipinski definition) is 1. The van der Waals surface area contributed by atoms with E-state index >= 15 is 0 Å². The summed E-state index contributed by atoms with van der Waals surface area (Å²) in [5, 5.41) is 2.79. The molecule has 0 saturated carbocycles. The van der Waals surface area contributed by atoms with E-state index in [-0.39, 0.29) is 5.69 Å². The van der Waals surface area contributed by atoms with E-state index in [2.05, 4.69) is 21.2 Å². The van der Waals surface area contributed by atoms with Gasteiger partial charge in [0.15, 0.2) is 6.29 Å². The summed E-state index contributed by atoms with van der Waals surface area (Å²) in [6.07, 6.45) is -4.34. The molecule has 0 unspecified atom stereocenters. The van der Waals surface area contributed by atoms with Gasteiger partial charge in [-0.25, -0.2) is 0 Å². The van der Waals surface area contributed by atoms with Crippen molar-refractivity contribution < 1.29 is 22.6 Å². The number of benzene rings is 1. The number of anilines is 1. The number of rotatable bonds is 8. The van der Waals surface area contributed by atoms with Gasteiger partial charge in [0.1, 0.15) is 0 Å². The molecule has 7 heteroatoms. The Labute approximate surface area is 130 Å². The SMILES string of the molecule is CCOC(CCNc1ccc(Br)cc1C(F)(F)F)OCC. The summed E-state index contributed by atoms with van der Waals surface area (Å²) in [5.41, 5.74) is -0.640. The van der Waals surface area contributed by atoms with E-state index in [1.165, 1.54) is 6.07 Å². The summed E-state index contributed by atoms with van der Waals surface area (Å²) in [5.74, 6) is 0. The second-order valence-electron chi connectivity index (χ2n) is 4.24. The first kappa shape index (κ1) is 18.3. The van der Waals surface area contributed by atoms with Crippen molar-refractivity contribution in [3.05, 3.63) is 28.2 Å². The van der Waals surface area contributed by atoms with Crippen LogP contribution in [0.5, 0.6) is 0 Å². The van der Waals surface area contributed by atoms with Crippen molar-refractivity contribution in [2.24, 2.45) is 0 Å². The molecule has 0 aliphatic rings. The Kier molecular flexibility index (Phi) is 7.48. The Morgan fingerprint density at radius 1 is 1.19 bits per heavy atom. The molecular weight excluding hydrogens is 351 g/mol. The van der Waals surface area contributed by atoms with Gasteiger partial charge in [-0.1, -0.05) is 15.9 Å². The predicted octanol–water partition coefficient (Wildman–Crippen LogP) is 4.67. The van der Waals surface area contributed by atoms with Gasteiger partial charge >= 0.3 is 6.18 Å². The fourth-order valence-electron chi connectivity index (χ4n) is 1.82. The van der Waals surface area contributed by atoms with Crippen molar-refractivity contribution >= 4 is 21.6 Å². The number of hydrogen-bond acceptors (Lipinski definition) is 3. The molecular formula is C14H19BrF3NO2. The number of alkyl halides is 3. The van der Waals surface area contributed by atoms with Gasteiger partial charge in [-0.15, -0.1) is 0 Å². The van der Waals surface area contributed by atoms with Crippen LogP contribution in [0.2, 0.25) is 0 Å². The molecule has 0 aliphatic heterocycles. The fourth-order valence-corrected chi connectivity index (χ4v) is 2.18. The lowest BCUT2D eigenvalue weighted by molar-refractivity contribution is -0.137. The van der Waals surface area contributed by atoms with Gasteiger partial charge in [-0.05, 0) is 32.0 Å². The largest absolute Gasteiger partial charge is 0.418 e. The molecule has 0 heterocycles. The minimum Gasteiger partial charge on any atom is -0.384 e. The minimum atomic E-state index is -4.40. The van der Waals surface area contributed by atoms with Crippen LogP contribution in [0.1, 0.15) is 25.8 Å². The van der Waals surface area contributed by atoms with Crippen LogP contribution in [-0.4, -0.2) is 26.0 Å². The first-order valence-electron chi connectivity index (χ1n) is 6.72. The maximum atomic E-state index is 12.9. The molecule has 0 spiro atoms. The Balaban J connectivity index is 2.66.